The normalized spacial score (nSPS) is 17.3. The highest BCUT2D eigenvalue weighted by atomic mass is 19.1. The lowest BCUT2D eigenvalue weighted by Crippen LogP contribution is -2.30. The zero-order chi connectivity index (χ0) is 15.5. The van der Waals surface area contributed by atoms with Crippen molar-refractivity contribution in [3.8, 4) is 6.07 Å². The smallest absolute Gasteiger partial charge is 0.254 e. The summed E-state index contributed by atoms with van der Waals surface area (Å²) in [4.78, 5) is 14.5. The van der Waals surface area contributed by atoms with Crippen molar-refractivity contribution >= 4 is 5.91 Å². The number of benzene rings is 2. The van der Waals surface area contributed by atoms with E-state index in [4.69, 9.17) is 5.26 Å². The Morgan fingerprint density at radius 1 is 1.14 bits per heavy atom. The van der Waals surface area contributed by atoms with Crippen molar-refractivity contribution < 1.29 is 9.18 Å². The molecular formula is C18H15FN2O. The summed E-state index contributed by atoms with van der Waals surface area (Å²) in [5, 5.41) is 8.82. The molecular weight excluding hydrogens is 279 g/mol. The van der Waals surface area contributed by atoms with Crippen molar-refractivity contribution in [3.05, 3.63) is 71.0 Å². The molecule has 0 aliphatic carbocycles. The number of nitriles is 1. The lowest BCUT2D eigenvalue weighted by molar-refractivity contribution is 0.0735. The zero-order valence-corrected chi connectivity index (χ0v) is 12.0. The third-order valence-corrected chi connectivity index (χ3v) is 4.03. The topological polar surface area (TPSA) is 44.1 Å². The molecule has 0 saturated carbocycles. The van der Waals surface area contributed by atoms with Gasteiger partial charge < -0.3 is 4.90 Å². The average Bonchev–Trinajstić information content (AvgIpc) is 3.04. The first-order valence-electron chi connectivity index (χ1n) is 7.25. The van der Waals surface area contributed by atoms with Crippen LogP contribution in [0, 0.1) is 17.1 Å². The SMILES string of the molecule is N#Cc1ccc(C(=O)N2CCCC2c2ccc(F)cc2)cc1. The van der Waals surface area contributed by atoms with E-state index in [0.29, 0.717) is 17.7 Å². The Hall–Kier alpha value is -2.67. The summed E-state index contributed by atoms with van der Waals surface area (Å²) in [5.74, 6) is -0.317. The van der Waals surface area contributed by atoms with Gasteiger partial charge in [-0.1, -0.05) is 12.1 Å². The Labute approximate surface area is 128 Å². The lowest BCUT2D eigenvalue weighted by Gasteiger charge is -2.25. The Balaban J connectivity index is 1.84. The van der Waals surface area contributed by atoms with Gasteiger partial charge in [-0.25, -0.2) is 4.39 Å². The average molecular weight is 294 g/mol. The lowest BCUT2D eigenvalue weighted by atomic mass is 10.0. The molecule has 2 aromatic rings. The molecule has 1 amide bonds. The minimum absolute atomic E-state index is 0.0104. The molecule has 22 heavy (non-hydrogen) atoms. The predicted octanol–water partition coefficient (Wildman–Crippen LogP) is 3.67. The van der Waals surface area contributed by atoms with Gasteiger partial charge in [0.25, 0.3) is 5.91 Å². The van der Waals surface area contributed by atoms with Crippen LogP contribution in [0.25, 0.3) is 0 Å². The summed E-state index contributed by atoms with van der Waals surface area (Å²) >= 11 is 0. The second-order valence-corrected chi connectivity index (χ2v) is 5.40. The standard InChI is InChI=1S/C18H15FN2O/c19-16-9-7-14(8-10-16)17-2-1-11-21(17)18(22)15-5-3-13(12-20)4-6-15/h3-10,17H,1-2,11H2. The number of carbonyl (C=O) groups is 1. The van der Waals surface area contributed by atoms with Crippen LogP contribution in [0.1, 0.15) is 40.4 Å². The van der Waals surface area contributed by atoms with Crippen molar-refractivity contribution in [1.82, 2.24) is 4.90 Å². The predicted molar refractivity (Wildman–Crippen MR) is 80.6 cm³/mol. The fraction of sp³-hybridized carbons (Fsp3) is 0.222. The van der Waals surface area contributed by atoms with E-state index in [-0.39, 0.29) is 17.8 Å². The van der Waals surface area contributed by atoms with Crippen LogP contribution >= 0.6 is 0 Å². The fourth-order valence-electron chi connectivity index (χ4n) is 2.89. The van der Waals surface area contributed by atoms with Crippen LogP contribution < -0.4 is 0 Å². The first-order chi connectivity index (χ1) is 10.7. The monoisotopic (exact) mass is 294 g/mol. The summed E-state index contributed by atoms with van der Waals surface area (Å²) in [7, 11) is 0. The molecule has 1 aliphatic heterocycles. The van der Waals surface area contributed by atoms with Crippen molar-refractivity contribution in [2.45, 2.75) is 18.9 Å². The highest BCUT2D eigenvalue weighted by Gasteiger charge is 2.30. The van der Waals surface area contributed by atoms with Gasteiger partial charge in [0.1, 0.15) is 5.82 Å². The van der Waals surface area contributed by atoms with Crippen LogP contribution in [0.3, 0.4) is 0 Å². The molecule has 0 spiro atoms. The third-order valence-electron chi connectivity index (χ3n) is 4.03. The summed E-state index contributed by atoms with van der Waals surface area (Å²) in [5.41, 5.74) is 2.07. The molecule has 0 aromatic heterocycles. The zero-order valence-electron chi connectivity index (χ0n) is 12.0. The van der Waals surface area contributed by atoms with E-state index < -0.39 is 0 Å². The molecule has 0 radical (unpaired) electrons. The number of carbonyl (C=O) groups excluding carboxylic acids is 1. The summed E-state index contributed by atoms with van der Waals surface area (Å²) in [6.45, 7) is 0.695. The van der Waals surface area contributed by atoms with Crippen LogP contribution in [0.15, 0.2) is 48.5 Å². The minimum atomic E-state index is -0.272. The maximum atomic E-state index is 13.1. The molecule has 0 bridgehead atoms. The summed E-state index contributed by atoms with van der Waals surface area (Å²) in [6, 6.07) is 15.0. The molecule has 1 atom stereocenters. The van der Waals surface area contributed by atoms with E-state index in [1.807, 2.05) is 11.0 Å². The van der Waals surface area contributed by atoms with Crippen LogP contribution in [-0.4, -0.2) is 17.4 Å². The molecule has 0 N–H and O–H groups in total. The van der Waals surface area contributed by atoms with Crippen molar-refractivity contribution in [2.24, 2.45) is 0 Å². The third kappa shape index (κ3) is 2.71. The van der Waals surface area contributed by atoms with Gasteiger partial charge in [0.15, 0.2) is 0 Å². The van der Waals surface area contributed by atoms with Gasteiger partial charge in [-0.3, -0.25) is 4.79 Å². The number of hydrogen-bond donors (Lipinski definition) is 0. The van der Waals surface area contributed by atoms with Crippen LogP contribution in [-0.2, 0) is 0 Å². The molecule has 1 heterocycles. The highest BCUT2D eigenvalue weighted by molar-refractivity contribution is 5.94. The van der Waals surface area contributed by atoms with E-state index in [0.717, 1.165) is 18.4 Å². The van der Waals surface area contributed by atoms with Gasteiger partial charge in [-0.05, 0) is 54.8 Å². The van der Waals surface area contributed by atoms with Crippen LogP contribution in [0.4, 0.5) is 4.39 Å². The van der Waals surface area contributed by atoms with E-state index >= 15 is 0 Å². The fourth-order valence-corrected chi connectivity index (χ4v) is 2.89. The molecule has 2 aromatic carbocycles. The molecule has 110 valence electrons. The number of likely N-dealkylation sites (tertiary alicyclic amines) is 1. The number of amides is 1. The molecule has 3 nitrogen and oxygen atoms in total. The molecule has 1 aliphatic rings. The Kier molecular flexibility index (Phi) is 3.88. The van der Waals surface area contributed by atoms with E-state index in [1.165, 1.54) is 12.1 Å². The molecule has 3 rings (SSSR count). The van der Waals surface area contributed by atoms with Crippen LogP contribution in [0.5, 0.6) is 0 Å². The summed E-state index contributed by atoms with van der Waals surface area (Å²) in [6.07, 6.45) is 1.82. The van der Waals surface area contributed by atoms with Gasteiger partial charge in [-0.15, -0.1) is 0 Å². The second kappa shape index (κ2) is 5.98. The quantitative estimate of drug-likeness (QED) is 0.848. The molecule has 4 heteroatoms. The molecule has 1 saturated heterocycles. The second-order valence-electron chi connectivity index (χ2n) is 5.40. The maximum Gasteiger partial charge on any atom is 0.254 e. The van der Waals surface area contributed by atoms with E-state index in [9.17, 15) is 9.18 Å². The van der Waals surface area contributed by atoms with E-state index in [1.54, 1.807) is 36.4 Å². The van der Waals surface area contributed by atoms with Crippen molar-refractivity contribution in [1.29, 1.82) is 5.26 Å². The first-order valence-corrected chi connectivity index (χ1v) is 7.25. The number of hydrogen-bond acceptors (Lipinski definition) is 2. The van der Waals surface area contributed by atoms with Crippen molar-refractivity contribution in [3.63, 3.8) is 0 Å². The molecule has 1 unspecified atom stereocenters. The largest absolute Gasteiger partial charge is 0.332 e. The van der Waals surface area contributed by atoms with Gasteiger partial charge in [-0.2, -0.15) is 5.26 Å². The van der Waals surface area contributed by atoms with Crippen LogP contribution in [0.2, 0.25) is 0 Å². The first kappa shape index (κ1) is 14.3. The van der Waals surface area contributed by atoms with Gasteiger partial charge in [0.2, 0.25) is 0 Å². The maximum absolute atomic E-state index is 13.1. The van der Waals surface area contributed by atoms with E-state index in [2.05, 4.69) is 0 Å². The Morgan fingerprint density at radius 2 is 1.82 bits per heavy atom. The molecule has 1 fully saturated rings. The van der Waals surface area contributed by atoms with Crippen molar-refractivity contribution in [2.75, 3.05) is 6.54 Å². The Morgan fingerprint density at radius 3 is 2.45 bits per heavy atom. The highest BCUT2D eigenvalue weighted by Crippen LogP contribution is 2.33. The number of halogens is 1. The number of rotatable bonds is 2. The summed E-state index contributed by atoms with van der Waals surface area (Å²) < 4.78 is 13.1. The minimum Gasteiger partial charge on any atom is -0.332 e. The van der Waals surface area contributed by atoms with Gasteiger partial charge >= 0.3 is 0 Å². The van der Waals surface area contributed by atoms with Gasteiger partial charge in [0.05, 0.1) is 17.7 Å². The number of nitrogens with zero attached hydrogens (tertiary/aromatic N) is 2. The van der Waals surface area contributed by atoms with Gasteiger partial charge in [0, 0.05) is 12.1 Å². The Bertz CT molecular complexity index is 716.